The van der Waals surface area contributed by atoms with Crippen molar-refractivity contribution in [2.45, 2.75) is 38.8 Å². The molecule has 6 nitrogen and oxygen atoms in total. The molecular weight excluding hydrogens is 294 g/mol. The summed E-state index contributed by atoms with van der Waals surface area (Å²) >= 11 is 0. The summed E-state index contributed by atoms with van der Waals surface area (Å²) in [6.07, 6.45) is 4.73. The van der Waals surface area contributed by atoms with Crippen LogP contribution in [0, 0.1) is 0 Å². The maximum atomic E-state index is 12.5. The summed E-state index contributed by atoms with van der Waals surface area (Å²) in [6, 6.07) is 1.71. The Balaban J connectivity index is 2.21. The Labute approximate surface area is 138 Å². The number of methoxy groups -OCH3 is 2. The normalized spacial score (nSPS) is 19.0. The van der Waals surface area contributed by atoms with Crippen molar-refractivity contribution < 1.29 is 14.3 Å². The molecule has 1 aromatic rings. The van der Waals surface area contributed by atoms with Crippen molar-refractivity contribution in [1.29, 1.82) is 0 Å². The minimum atomic E-state index is -0.0774. The first-order chi connectivity index (χ1) is 11.1. The van der Waals surface area contributed by atoms with E-state index in [9.17, 15) is 4.79 Å². The molecule has 1 aromatic heterocycles. The van der Waals surface area contributed by atoms with Gasteiger partial charge in [0.15, 0.2) is 11.5 Å². The highest BCUT2D eigenvalue weighted by atomic mass is 16.5. The van der Waals surface area contributed by atoms with E-state index in [4.69, 9.17) is 9.47 Å². The molecule has 0 radical (unpaired) electrons. The van der Waals surface area contributed by atoms with Gasteiger partial charge in [-0.3, -0.25) is 14.7 Å². The number of unbranched alkanes of at least 4 members (excludes halogenated alkanes) is 1. The van der Waals surface area contributed by atoms with E-state index in [1.807, 2.05) is 11.9 Å². The van der Waals surface area contributed by atoms with Gasteiger partial charge in [-0.05, 0) is 6.42 Å². The maximum Gasteiger partial charge on any atom is 0.239 e. The average Bonchev–Trinajstić information content (AvgIpc) is 2.57. The molecule has 0 N–H and O–H groups in total. The summed E-state index contributed by atoms with van der Waals surface area (Å²) in [7, 11) is 5.11. The zero-order valence-corrected chi connectivity index (χ0v) is 14.5. The van der Waals surface area contributed by atoms with Gasteiger partial charge in [-0.1, -0.05) is 19.8 Å². The second-order valence-electron chi connectivity index (χ2n) is 5.88. The summed E-state index contributed by atoms with van der Waals surface area (Å²) in [5.41, 5.74) is 0.811. The minimum Gasteiger partial charge on any atom is -0.493 e. The molecule has 0 aliphatic carbocycles. The van der Waals surface area contributed by atoms with Crippen LogP contribution in [0.5, 0.6) is 11.5 Å². The number of piperazine rings is 1. The van der Waals surface area contributed by atoms with Crippen LogP contribution in [0.3, 0.4) is 0 Å². The van der Waals surface area contributed by atoms with E-state index in [1.165, 1.54) is 0 Å². The predicted molar refractivity (Wildman–Crippen MR) is 88.7 cm³/mol. The third kappa shape index (κ3) is 3.93. The van der Waals surface area contributed by atoms with Crippen LogP contribution in [0.4, 0.5) is 0 Å². The SMILES string of the molecule is CCCCC1C(=O)N(C)CCN1Cc1nccc(OC)c1OC. The quantitative estimate of drug-likeness (QED) is 0.768. The second-order valence-corrected chi connectivity index (χ2v) is 5.88. The van der Waals surface area contributed by atoms with Gasteiger partial charge >= 0.3 is 0 Å². The summed E-state index contributed by atoms with van der Waals surface area (Å²) in [5, 5.41) is 0. The molecule has 6 heteroatoms. The highest BCUT2D eigenvalue weighted by Crippen LogP contribution is 2.31. The van der Waals surface area contributed by atoms with E-state index < -0.39 is 0 Å². The Morgan fingerprint density at radius 1 is 1.30 bits per heavy atom. The number of likely N-dealkylation sites (N-methyl/N-ethyl adjacent to an activating group) is 1. The van der Waals surface area contributed by atoms with Gasteiger partial charge in [-0.2, -0.15) is 0 Å². The Morgan fingerprint density at radius 2 is 2.09 bits per heavy atom. The number of ether oxygens (including phenoxy) is 2. The van der Waals surface area contributed by atoms with Crippen LogP contribution in [0.25, 0.3) is 0 Å². The van der Waals surface area contributed by atoms with Gasteiger partial charge in [0.25, 0.3) is 0 Å². The standard InChI is InChI=1S/C17H27N3O3/c1-5-6-7-14-17(21)19(2)10-11-20(14)12-13-16(23-4)15(22-3)8-9-18-13/h8-9,14H,5-7,10-12H2,1-4H3. The zero-order chi connectivity index (χ0) is 16.8. The molecule has 0 saturated carbocycles. The number of carbonyl (C=O) groups is 1. The first kappa shape index (κ1) is 17.5. The lowest BCUT2D eigenvalue weighted by atomic mass is 10.0. The molecule has 1 atom stereocenters. The molecular formula is C17H27N3O3. The lowest BCUT2D eigenvalue weighted by molar-refractivity contribution is -0.140. The van der Waals surface area contributed by atoms with E-state index in [0.29, 0.717) is 18.0 Å². The minimum absolute atomic E-state index is 0.0774. The molecule has 1 amide bonds. The van der Waals surface area contributed by atoms with Gasteiger partial charge in [0.2, 0.25) is 5.91 Å². The van der Waals surface area contributed by atoms with E-state index >= 15 is 0 Å². The van der Waals surface area contributed by atoms with Crippen LogP contribution < -0.4 is 9.47 Å². The summed E-state index contributed by atoms with van der Waals surface area (Å²) in [5.74, 6) is 1.52. The number of pyridine rings is 1. The molecule has 1 saturated heterocycles. The van der Waals surface area contributed by atoms with Crippen LogP contribution in [0.1, 0.15) is 31.9 Å². The van der Waals surface area contributed by atoms with Crippen LogP contribution in [0.2, 0.25) is 0 Å². The number of amides is 1. The van der Waals surface area contributed by atoms with Crippen LogP contribution in [-0.2, 0) is 11.3 Å². The highest BCUT2D eigenvalue weighted by molar-refractivity contribution is 5.82. The maximum absolute atomic E-state index is 12.5. The molecule has 0 aromatic carbocycles. The van der Waals surface area contributed by atoms with Crippen molar-refractivity contribution in [1.82, 2.24) is 14.8 Å². The molecule has 1 fully saturated rings. The number of rotatable bonds is 7. The van der Waals surface area contributed by atoms with Crippen molar-refractivity contribution >= 4 is 5.91 Å². The third-order valence-corrected chi connectivity index (χ3v) is 4.37. The lowest BCUT2D eigenvalue weighted by Crippen LogP contribution is -2.55. The Hall–Kier alpha value is -1.82. The van der Waals surface area contributed by atoms with Crippen LogP contribution in [-0.4, -0.2) is 61.1 Å². The van der Waals surface area contributed by atoms with Gasteiger partial charge in [0, 0.05) is 38.9 Å². The monoisotopic (exact) mass is 321 g/mol. The molecule has 0 bridgehead atoms. The Bertz CT molecular complexity index is 536. The van der Waals surface area contributed by atoms with Crippen molar-refractivity contribution in [3.63, 3.8) is 0 Å². The Kier molecular flexibility index (Phi) is 6.21. The number of nitrogens with zero attached hydrogens (tertiary/aromatic N) is 3. The van der Waals surface area contributed by atoms with Gasteiger partial charge in [0.05, 0.1) is 20.3 Å². The third-order valence-electron chi connectivity index (χ3n) is 4.37. The molecule has 128 valence electrons. The predicted octanol–water partition coefficient (Wildman–Crippen LogP) is 1.93. The van der Waals surface area contributed by atoms with Gasteiger partial charge in [-0.15, -0.1) is 0 Å². The fraction of sp³-hybridized carbons (Fsp3) is 0.647. The molecule has 1 aliphatic heterocycles. The van der Waals surface area contributed by atoms with E-state index in [0.717, 1.165) is 38.0 Å². The van der Waals surface area contributed by atoms with Crippen molar-refractivity contribution in [3.8, 4) is 11.5 Å². The van der Waals surface area contributed by atoms with Crippen LogP contribution in [0.15, 0.2) is 12.3 Å². The molecule has 23 heavy (non-hydrogen) atoms. The summed E-state index contributed by atoms with van der Waals surface area (Å²) < 4.78 is 10.8. The second kappa shape index (κ2) is 8.15. The number of carbonyl (C=O) groups excluding carboxylic acids is 1. The van der Waals surface area contributed by atoms with Gasteiger partial charge < -0.3 is 14.4 Å². The largest absolute Gasteiger partial charge is 0.493 e. The number of hydrogen-bond acceptors (Lipinski definition) is 5. The van der Waals surface area contributed by atoms with Gasteiger partial charge in [0.1, 0.15) is 5.69 Å². The first-order valence-electron chi connectivity index (χ1n) is 8.17. The smallest absolute Gasteiger partial charge is 0.239 e. The highest BCUT2D eigenvalue weighted by Gasteiger charge is 2.33. The van der Waals surface area contributed by atoms with E-state index in [2.05, 4.69) is 16.8 Å². The molecule has 0 spiro atoms. The summed E-state index contributed by atoms with van der Waals surface area (Å²) in [6.45, 7) is 4.33. The molecule has 1 unspecified atom stereocenters. The molecule has 2 rings (SSSR count). The van der Waals surface area contributed by atoms with E-state index in [-0.39, 0.29) is 11.9 Å². The fourth-order valence-corrected chi connectivity index (χ4v) is 3.00. The topological polar surface area (TPSA) is 54.9 Å². The van der Waals surface area contributed by atoms with Gasteiger partial charge in [-0.25, -0.2) is 0 Å². The van der Waals surface area contributed by atoms with Crippen molar-refractivity contribution in [3.05, 3.63) is 18.0 Å². The van der Waals surface area contributed by atoms with Crippen molar-refractivity contribution in [2.24, 2.45) is 0 Å². The average molecular weight is 321 g/mol. The van der Waals surface area contributed by atoms with E-state index in [1.54, 1.807) is 26.5 Å². The summed E-state index contributed by atoms with van der Waals surface area (Å²) in [4.78, 5) is 21.0. The van der Waals surface area contributed by atoms with Crippen molar-refractivity contribution in [2.75, 3.05) is 34.4 Å². The number of aromatic nitrogens is 1. The zero-order valence-electron chi connectivity index (χ0n) is 14.5. The number of hydrogen-bond donors (Lipinski definition) is 0. The molecule has 1 aliphatic rings. The van der Waals surface area contributed by atoms with Crippen LogP contribution >= 0.6 is 0 Å². The Morgan fingerprint density at radius 3 is 2.74 bits per heavy atom. The fourth-order valence-electron chi connectivity index (χ4n) is 3.00. The lowest BCUT2D eigenvalue weighted by Gasteiger charge is -2.39. The molecule has 2 heterocycles. The first-order valence-corrected chi connectivity index (χ1v) is 8.17.